The molecule has 4 fully saturated rings. The van der Waals surface area contributed by atoms with Gasteiger partial charge >= 0.3 is 0 Å². The highest BCUT2D eigenvalue weighted by molar-refractivity contribution is 6.15. The zero-order valence-electron chi connectivity index (χ0n) is 31.0. The lowest BCUT2D eigenvalue weighted by molar-refractivity contribution is -0.0399. The molecule has 0 unspecified atom stereocenters. The molecule has 4 bridgehead atoms. The van der Waals surface area contributed by atoms with Crippen molar-refractivity contribution in [3.05, 3.63) is 187 Å². The first-order chi connectivity index (χ1) is 27.2. The van der Waals surface area contributed by atoms with Crippen LogP contribution in [0.4, 0.5) is 17.1 Å². The van der Waals surface area contributed by atoms with E-state index in [1.807, 2.05) is 0 Å². The van der Waals surface area contributed by atoms with Crippen LogP contribution < -0.4 is 4.90 Å². The van der Waals surface area contributed by atoms with E-state index in [1.54, 1.807) is 11.1 Å². The molecule has 5 aliphatic carbocycles. The summed E-state index contributed by atoms with van der Waals surface area (Å²) < 4.78 is 0. The summed E-state index contributed by atoms with van der Waals surface area (Å²) in [6.07, 6.45) is 7.15. The van der Waals surface area contributed by atoms with E-state index in [1.165, 1.54) is 92.7 Å². The molecule has 8 aromatic carbocycles. The molecule has 0 atom stereocenters. The average Bonchev–Trinajstić information content (AvgIpc) is 3.53. The van der Waals surface area contributed by atoms with Gasteiger partial charge in [0.15, 0.2) is 0 Å². The van der Waals surface area contributed by atoms with Crippen molar-refractivity contribution in [2.45, 2.75) is 37.5 Å². The Labute approximate surface area is 323 Å². The first-order valence-corrected chi connectivity index (χ1v) is 20.4. The van der Waals surface area contributed by atoms with Crippen molar-refractivity contribution < 1.29 is 0 Å². The molecule has 5 aliphatic rings. The number of anilines is 3. The van der Waals surface area contributed by atoms with Crippen LogP contribution in [0.1, 0.15) is 43.2 Å². The third kappa shape index (κ3) is 4.59. The largest absolute Gasteiger partial charge is 0.309 e. The molecule has 1 spiro atoms. The zero-order valence-corrected chi connectivity index (χ0v) is 31.0. The second-order valence-electron chi connectivity index (χ2n) is 16.9. The van der Waals surface area contributed by atoms with E-state index in [0.29, 0.717) is 0 Å². The van der Waals surface area contributed by atoms with Crippen molar-refractivity contribution >= 4 is 38.6 Å². The zero-order chi connectivity index (χ0) is 36.1. The Bertz CT molecular complexity index is 2750. The lowest BCUT2D eigenvalue weighted by Gasteiger charge is -2.61. The predicted molar refractivity (Wildman–Crippen MR) is 230 cm³/mol. The monoisotopic (exact) mass is 705 g/mol. The molecule has 8 aromatic rings. The SMILES string of the molecule is c1ccc(-c2ccccc2N(c2ccc(-c3ccc4c(c3)-c3ccccc3C43C4CC5CC(C4)CC3C5)cc2)c2cc3ccccc3c3ccccc23)cc1. The van der Waals surface area contributed by atoms with Crippen molar-refractivity contribution in [2.75, 3.05) is 4.90 Å². The number of hydrogen-bond donors (Lipinski definition) is 0. The minimum atomic E-state index is 0.205. The topological polar surface area (TPSA) is 3.24 Å². The van der Waals surface area contributed by atoms with Crippen molar-refractivity contribution in [3.63, 3.8) is 0 Å². The van der Waals surface area contributed by atoms with Gasteiger partial charge in [-0.15, -0.1) is 0 Å². The van der Waals surface area contributed by atoms with Gasteiger partial charge in [0.2, 0.25) is 0 Å². The summed E-state index contributed by atoms with van der Waals surface area (Å²) in [7, 11) is 0. The van der Waals surface area contributed by atoms with Gasteiger partial charge < -0.3 is 4.90 Å². The maximum absolute atomic E-state index is 2.55. The van der Waals surface area contributed by atoms with Gasteiger partial charge in [0.1, 0.15) is 0 Å². The molecule has 0 aromatic heterocycles. The van der Waals surface area contributed by atoms with Crippen molar-refractivity contribution in [1.29, 1.82) is 0 Å². The van der Waals surface area contributed by atoms with Crippen LogP contribution in [-0.4, -0.2) is 0 Å². The fourth-order valence-electron chi connectivity index (χ4n) is 12.3. The summed E-state index contributed by atoms with van der Waals surface area (Å²) in [5, 5.41) is 5.03. The number of rotatable bonds is 5. The molecule has 264 valence electrons. The van der Waals surface area contributed by atoms with Crippen molar-refractivity contribution in [3.8, 4) is 33.4 Å². The molecule has 1 nitrogen and oxygen atoms in total. The minimum absolute atomic E-state index is 0.205. The van der Waals surface area contributed by atoms with Crippen LogP contribution in [0.5, 0.6) is 0 Å². The van der Waals surface area contributed by atoms with Crippen molar-refractivity contribution in [1.82, 2.24) is 0 Å². The quantitative estimate of drug-likeness (QED) is 0.161. The Morgan fingerprint density at radius 1 is 0.382 bits per heavy atom. The summed E-state index contributed by atoms with van der Waals surface area (Å²) in [5.74, 6) is 3.47. The molecule has 0 aliphatic heterocycles. The normalized spacial score (nSPS) is 23.0. The van der Waals surface area contributed by atoms with E-state index in [4.69, 9.17) is 0 Å². The maximum Gasteiger partial charge on any atom is 0.0546 e. The summed E-state index contributed by atoms with van der Waals surface area (Å²) in [6, 6.07) is 66.1. The molecule has 0 amide bonds. The van der Waals surface area contributed by atoms with E-state index in [2.05, 4.69) is 181 Å². The number of para-hydroxylation sites is 1. The predicted octanol–water partition coefficient (Wildman–Crippen LogP) is 14.5. The third-order valence-corrected chi connectivity index (χ3v) is 14.2. The van der Waals surface area contributed by atoms with Gasteiger partial charge in [-0.1, -0.05) is 146 Å². The van der Waals surface area contributed by atoms with Gasteiger partial charge in [0, 0.05) is 22.1 Å². The van der Waals surface area contributed by atoms with Gasteiger partial charge in [0.25, 0.3) is 0 Å². The smallest absolute Gasteiger partial charge is 0.0546 e. The van der Waals surface area contributed by atoms with Gasteiger partial charge in [-0.3, -0.25) is 0 Å². The Morgan fingerprint density at radius 2 is 0.982 bits per heavy atom. The fraction of sp³-hybridized carbons (Fsp3) is 0.185. The minimum Gasteiger partial charge on any atom is -0.309 e. The molecule has 1 heteroatoms. The summed E-state index contributed by atoms with van der Waals surface area (Å²) >= 11 is 0. The Kier molecular flexibility index (Phi) is 6.88. The van der Waals surface area contributed by atoms with Gasteiger partial charge in [-0.2, -0.15) is 0 Å². The molecular weight excluding hydrogens is 663 g/mol. The highest BCUT2D eigenvalue weighted by Crippen LogP contribution is 2.69. The fourth-order valence-corrected chi connectivity index (χ4v) is 12.3. The third-order valence-electron chi connectivity index (χ3n) is 14.2. The first-order valence-electron chi connectivity index (χ1n) is 20.4. The second kappa shape index (κ2) is 12.0. The van der Waals surface area contributed by atoms with Gasteiger partial charge in [-0.05, 0) is 141 Å². The van der Waals surface area contributed by atoms with Crippen LogP contribution in [0.3, 0.4) is 0 Å². The highest BCUT2D eigenvalue weighted by atomic mass is 15.1. The molecular formula is C54H43N. The van der Waals surface area contributed by atoms with Crippen molar-refractivity contribution in [2.24, 2.45) is 23.7 Å². The first kappa shape index (κ1) is 31.4. The van der Waals surface area contributed by atoms with Crippen LogP contribution in [0, 0.1) is 23.7 Å². The molecule has 0 N–H and O–H groups in total. The second-order valence-corrected chi connectivity index (χ2v) is 16.9. The summed E-state index contributed by atoms with van der Waals surface area (Å²) in [6.45, 7) is 0. The summed E-state index contributed by atoms with van der Waals surface area (Å²) in [4.78, 5) is 2.48. The molecule has 4 saturated carbocycles. The van der Waals surface area contributed by atoms with E-state index in [-0.39, 0.29) is 5.41 Å². The maximum atomic E-state index is 2.55. The number of fused-ring (bicyclic) bond motifs is 6. The van der Waals surface area contributed by atoms with Crippen LogP contribution in [0.2, 0.25) is 0 Å². The standard InChI is InChI=1S/C54H43N/c1-2-12-38(13-3-1)45-16-9-11-21-52(45)55(53-34-40-14-4-5-15-44(40)46-17-6-7-19-48(46)53)43-25-22-37(23-26-43)39-24-27-51-49(33-39)47-18-8-10-20-50(47)54(51)41-29-35-28-36(31-41)32-42(54)30-35/h1-27,33-36,41-42H,28-32H2. The van der Waals surface area contributed by atoms with E-state index >= 15 is 0 Å². The molecule has 0 heterocycles. The van der Waals surface area contributed by atoms with Crippen LogP contribution >= 0.6 is 0 Å². The van der Waals surface area contributed by atoms with E-state index in [0.717, 1.165) is 35.0 Å². The lowest BCUT2D eigenvalue weighted by Crippen LogP contribution is -2.55. The molecule has 0 radical (unpaired) electrons. The Morgan fingerprint density at radius 3 is 1.76 bits per heavy atom. The lowest BCUT2D eigenvalue weighted by atomic mass is 9.43. The average molecular weight is 706 g/mol. The Hall–Kier alpha value is -5.92. The number of benzene rings is 8. The molecule has 13 rings (SSSR count). The number of hydrogen-bond acceptors (Lipinski definition) is 1. The van der Waals surface area contributed by atoms with E-state index in [9.17, 15) is 0 Å². The molecule has 0 saturated heterocycles. The van der Waals surface area contributed by atoms with Crippen LogP contribution in [0.15, 0.2) is 176 Å². The summed E-state index contributed by atoms with van der Waals surface area (Å²) in [5.41, 5.74) is 14.9. The van der Waals surface area contributed by atoms with Crippen LogP contribution in [0.25, 0.3) is 54.9 Å². The van der Waals surface area contributed by atoms with Crippen LogP contribution in [-0.2, 0) is 5.41 Å². The Balaban J connectivity index is 1.01. The highest BCUT2D eigenvalue weighted by Gasteiger charge is 2.61. The van der Waals surface area contributed by atoms with Gasteiger partial charge in [-0.25, -0.2) is 0 Å². The molecule has 55 heavy (non-hydrogen) atoms. The van der Waals surface area contributed by atoms with E-state index < -0.39 is 0 Å². The number of nitrogens with zero attached hydrogens (tertiary/aromatic N) is 1. The van der Waals surface area contributed by atoms with Gasteiger partial charge in [0.05, 0.1) is 11.4 Å².